The summed E-state index contributed by atoms with van der Waals surface area (Å²) in [4.78, 5) is 17.5. The van der Waals surface area contributed by atoms with E-state index >= 15 is 0 Å². The van der Waals surface area contributed by atoms with Crippen LogP contribution in [0.5, 0.6) is 17.2 Å². The molecule has 1 aromatic heterocycles. The number of nitrogens with one attached hydrogen (secondary N) is 1. The van der Waals surface area contributed by atoms with E-state index in [1.165, 1.54) is 32.1 Å². The fourth-order valence-corrected chi connectivity index (χ4v) is 4.71. The van der Waals surface area contributed by atoms with Gasteiger partial charge in [0.25, 0.3) is 5.91 Å². The quantitative estimate of drug-likeness (QED) is 0.761. The molecule has 0 atom stereocenters. The molecule has 2 heterocycles. The lowest BCUT2D eigenvalue weighted by Gasteiger charge is -2.40. The Kier molecular flexibility index (Phi) is 6.65. The zero-order valence-electron chi connectivity index (χ0n) is 18.6. The van der Waals surface area contributed by atoms with Gasteiger partial charge < -0.3 is 19.1 Å². The van der Waals surface area contributed by atoms with E-state index in [4.69, 9.17) is 14.2 Å². The summed E-state index contributed by atoms with van der Waals surface area (Å²) in [6, 6.07) is 6.14. The fraction of sp³-hybridized carbons (Fsp3) is 0.565. The van der Waals surface area contributed by atoms with Gasteiger partial charge in [-0.25, -0.2) is 0 Å². The van der Waals surface area contributed by atoms with E-state index in [0.29, 0.717) is 34.7 Å². The number of piperazine rings is 1. The molecule has 0 radical (unpaired) electrons. The first-order valence-corrected chi connectivity index (χ1v) is 11.0. The first kappa shape index (κ1) is 21.5. The molecular weight excluding hydrogens is 396 g/mol. The van der Waals surface area contributed by atoms with Crippen LogP contribution in [0.2, 0.25) is 0 Å². The maximum atomic E-state index is 13.0. The van der Waals surface area contributed by atoms with Crippen molar-refractivity contribution >= 4 is 5.91 Å². The summed E-state index contributed by atoms with van der Waals surface area (Å²) in [5.41, 5.74) is 1.94. The molecule has 1 aliphatic carbocycles. The van der Waals surface area contributed by atoms with Crippen molar-refractivity contribution in [3.63, 3.8) is 0 Å². The Morgan fingerprint density at radius 1 is 0.935 bits per heavy atom. The van der Waals surface area contributed by atoms with E-state index in [9.17, 15) is 4.79 Å². The van der Waals surface area contributed by atoms with Crippen molar-refractivity contribution in [2.75, 3.05) is 47.5 Å². The van der Waals surface area contributed by atoms with Gasteiger partial charge >= 0.3 is 0 Å². The Morgan fingerprint density at radius 3 is 2.16 bits per heavy atom. The third kappa shape index (κ3) is 4.49. The van der Waals surface area contributed by atoms with Crippen molar-refractivity contribution in [2.24, 2.45) is 0 Å². The molecule has 1 aromatic carbocycles. The van der Waals surface area contributed by atoms with Crippen LogP contribution in [-0.4, -0.2) is 79.5 Å². The van der Waals surface area contributed by atoms with Crippen LogP contribution in [0.3, 0.4) is 0 Å². The highest BCUT2D eigenvalue weighted by molar-refractivity contribution is 5.93. The van der Waals surface area contributed by atoms with Crippen molar-refractivity contribution in [3.05, 3.63) is 23.9 Å². The topological polar surface area (TPSA) is 79.9 Å². The third-order valence-corrected chi connectivity index (χ3v) is 6.46. The molecule has 31 heavy (non-hydrogen) atoms. The van der Waals surface area contributed by atoms with Gasteiger partial charge in [-0.2, -0.15) is 5.10 Å². The molecule has 0 unspecified atom stereocenters. The Balaban J connectivity index is 1.45. The highest BCUT2D eigenvalue weighted by Crippen LogP contribution is 2.40. The number of carbonyl (C=O) groups is 1. The number of ether oxygens (including phenoxy) is 3. The maximum Gasteiger partial charge on any atom is 0.271 e. The van der Waals surface area contributed by atoms with E-state index in [0.717, 1.165) is 31.7 Å². The van der Waals surface area contributed by atoms with E-state index in [1.54, 1.807) is 27.4 Å². The molecule has 1 aliphatic heterocycles. The number of amides is 1. The first-order valence-electron chi connectivity index (χ1n) is 11.0. The van der Waals surface area contributed by atoms with Gasteiger partial charge in [0.1, 0.15) is 5.69 Å². The number of carbonyl (C=O) groups excluding carboxylic acids is 1. The average Bonchev–Trinajstić information content (AvgIpc) is 3.33. The Morgan fingerprint density at radius 2 is 1.58 bits per heavy atom. The molecule has 1 saturated heterocycles. The van der Waals surface area contributed by atoms with Gasteiger partial charge in [-0.05, 0) is 31.0 Å². The number of H-pyrrole nitrogens is 1. The van der Waals surface area contributed by atoms with Crippen LogP contribution in [0.1, 0.15) is 42.6 Å². The van der Waals surface area contributed by atoms with E-state index in [1.807, 2.05) is 17.0 Å². The van der Waals surface area contributed by atoms with Crippen LogP contribution >= 0.6 is 0 Å². The number of nitrogens with zero attached hydrogens (tertiary/aromatic N) is 3. The third-order valence-electron chi connectivity index (χ3n) is 6.46. The summed E-state index contributed by atoms with van der Waals surface area (Å²) in [6.45, 7) is 3.41. The largest absolute Gasteiger partial charge is 0.493 e. The molecule has 8 nitrogen and oxygen atoms in total. The number of benzene rings is 1. The minimum absolute atomic E-state index is 0.00511. The molecule has 1 saturated carbocycles. The highest BCUT2D eigenvalue weighted by atomic mass is 16.5. The molecule has 0 spiro atoms. The summed E-state index contributed by atoms with van der Waals surface area (Å²) in [5.74, 6) is 1.61. The Labute approximate surface area is 183 Å². The lowest BCUT2D eigenvalue weighted by molar-refractivity contribution is 0.0518. The number of rotatable bonds is 6. The second kappa shape index (κ2) is 9.60. The maximum absolute atomic E-state index is 13.0. The number of aromatic nitrogens is 2. The lowest BCUT2D eigenvalue weighted by atomic mass is 9.94. The zero-order valence-corrected chi connectivity index (χ0v) is 18.6. The van der Waals surface area contributed by atoms with Gasteiger partial charge in [0.05, 0.1) is 27.0 Å². The van der Waals surface area contributed by atoms with Gasteiger partial charge in [0, 0.05) is 37.8 Å². The summed E-state index contributed by atoms with van der Waals surface area (Å²) in [5, 5.41) is 7.27. The molecule has 8 heteroatoms. The molecular formula is C23H32N4O4. The molecule has 168 valence electrons. The number of hydrogen-bond acceptors (Lipinski definition) is 6. The van der Waals surface area contributed by atoms with Crippen LogP contribution < -0.4 is 14.2 Å². The standard InChI is InChI=1S/C23H32N4O4/c1-29-20-13-16(14-21(30-2)22(20)31-3)18-15-19(25-24-18)23(28)27-11-9-26(10-12-27)17-7-5-4-6-8-17/h13-15,17H,4-12H2,1-3H3,(H,24,25). The highest BCUT2D eigenvalue weighted by Gasteiger charge is 2.28. The normalized spacial score (nSPS) is 18.1. The van der Waals surface area contributed by atoms with Crippen LogP contribution in [0.25, 0.3) is 11.3 Å². The van der Waals surface area contributed by atoms with Gasteiger partial charge in [-0.15, -0.1) is 0 Å². The molecule has 4 rings (SSSR count). The number of hydrogen-bond donors (Lipinski definition) is 1. The van der Waals surface area contributed by atoms with Crippen LogP contribution in [-0.2, 0) is 0 Å². The zero-order chi connectivity index (χ0) is 21.8. The minimum atomic E-state index is -0.00511. The molecule has 2 aromatic rings. The molecule has 0 bridgehead atoms. The van der Waals surface area contributed by atoms with E-state index in [2.05, 4.69) is 15.1 Å². The van der Waals surface area contributed by atoms with Crippen molar-refractivity contribution < 1.29 is 19.0 Å². The fourth-order valence-electron chi connectivity index (χ4n) is 4.71. The summed E-state index contributed by atoms with van der Waals surface area (Å²) >= 11 is 0. The summed E-state index contributed by atoms with van der Waals surface area (Å²) < 4.78 is 16.2. The predicted molar refractivity (Wildman–Crippen MR) is 118 cm³/mol. The summed E-state index contributed by atoms with van der Waals surface area (Å²) in [7, 11) is 4.72. The number of aromatic amines is 1. The van der Waals surface area contributed by atoms with E-state index < -0.39 is 0 Å². The van der Waals surface area contributed by atoms with Crippen molar-refractivity contribution in [2.45, 2.75) is 38.1 Å². The van der Waals surface area contributed by atoms with Gasteiger partial charge in [0.2, 0.25) is 5.75 Å². The van der Waals surface area contributed by atoms with Crippen LogP contribution in [0, 0.1) is 0 Å². The monoisotopic (exact) mass is 428 g/mol. The molecule has 1 amide bonds. The molecule has 2 aliphatic rings. The van der Waals surface area contributed by atoms with Crippen molar-refractivity contribution in [1.29, 1.82) is 0 Å². The smallest absolute Gasteiger partial charge is 0.271 e. The van der Waals surface area contributed by atoms with Crippen LogP contribution in [0.4, 0.5) is 0 Å². The van der Waals surface area contributed by atoms with E-state index in [-0.39, 0.29) is 5.91 Å². The van der Waals surface area contributed by atoms with Crippen molar-refractivity contribution in [1.82, 2.24) is 20.0 Å². The predicted octanol–water partition coefficient (Wildman–Crippen LogP) is 3.19. The first-order chi connectivity index (χ1) is 15.1. The second-order valence-electron chi connectivity index (χ2n) is 8.20. The molecule has 2 fully saturated rings. The van der Waals surface area contributed by atoms with Gasteiger partial charge in [-0.1, -0.05) is 19.3 Å². The second-order valence-corrected chi connectivity index (χ2v) is 8.20. The lowest BCUT2D eigenvalue weighted by Crippen LogP contribution is -2.52. The minimum Gasteiger partial charge on any atom is -0.493 e. The average molecular weight is 429 g/mol. The SMILES string of the molecule is COc1cc(-c2cc(C(=O)N3CCN(C4CCCCC4)CC3)[nH]n2)cc(OC)c1OC. The summed E-state index contributed by atoms with van der Waals surface area (Å²) in [6.07, 6.45) is 6.63. The van der Waals surface area contributed by atoms with Gasteiger partial charge in [0.15, 0.2) is 11.5 Å². The van der Waals surface area contributed by atoms with Crippen LogP contribution in [0.15, 0.2) is 18.2 Å². The van der Waals surface area contributed by atoms with Gasteiger partial charge in [-0.3, -0.25) is 14.8 Å². The number of methoxy groups -OCH3 is 3. The Bertz CT molecular complexity index is 874. The molecule has 1 N–H and O–H groups in total. The Hall–Kier alpha value is -2.74. The van der Waals surface area contributed by atoms with Crippen molar-refractivity contribution in [3.8, 4) is 28.5 Å².